The van der Waals surface area contributed by atoms with Gasteiger partial charge < -0.3 is 10.0 Å². The lowest BCUT2D eigenvalue weighted by Gasteiger charge is -2.37. The molecule has 2 aliphatic rings. The highest BCUT2D eigenvalue weighted by Gasteiger charge is 2.36. The minimum Gasteiger partial charge on any atom is -0.480 e. The van der Waals surface area contributed by atoms with E-state index in [1.54, 1.807) is 0 Å². The van der Waals surface area contributed by atoms with E-state index in [1.807, 2.05) is 27.7 Å². The summed E-state index contributed by atoms with van der Waals surface area (Å²) in [5.74, 6) is -0.630. The van der Waals surface area contributed by atoms with Gasteiger partial charge in [0.25, 0.3) is 0 Å². The Hall–Kier alpha value is -0.610. The van der Waals surface area contributed by atoms with Gasteiger partial charge in [-0.05, 0) is 38.9 Å². The van der Waals surface area contributed by atoms with Gasteiger partial charge in [0, 0.05) is 12.6 Å². The first-order chi connectivity index (χ1) is 9.72. The van der Waals surface area contributed by atoms with Crippen LogP contribution in [0.15, 0.2) is 0 Å². The zero-order chi connectivity index (χ0) is 15.5. The van der Waals surface area contributed by atoms with Gasteiger partial charge in [-0.2, -0.15) is 0 Å². The van der Waals surface area contributed by atoms with Gasteiger partial charge in [-0.25, -0.2) is 0 Å². The number of rotatable bonds is 3. The standard InChI is InChI=1S/C12H22N2O2.2C2H6/c1-2-13-8-6-10(9-13)14-7-4-3-5-11(14)12(15)16;2*1-2/h10-11H,2-9H2,1H3,(H,15,16);2*1-2H3. The van der Waals surface area contributed by atoms with Gasteiger partial charge in [-0.3, -0.25) is 9.69 Å². The van der Waals surface area contributed by atoms with E-state index in [4.69, 9.17) is 0 Å². The Morgan fingerprint density at radius 1 is 1.10 bits per heavy atom. The van der Waals surface area contributed by atoms with Crippen LogP contribution in [0.5, 0.6) is 0 Å². The SMILES string of the molecule is CC.CC.CCN1CCC(N2CCCCC2C(=O)O)C1. The van der Waals surface area contributed by atoms with E-state index in [0.717, 1.165) is 51.9 Å². The van der Waals surface area contributed by atoms with Crippen molar-refractivity contribution in [3.63, 3.8) is 0 Å². The number of hydrogen-bond acceptors (Lipinski definition) is 3. The number of piperidine rings is 1. The minimum atomic E-state index is -0.630. The summed E-state index contributed by atoms with van der Waals surface area (Å²) in [6.07, 6.45) is 4.19. The molecule has 4 nitrogen and oxygen atoms in total. The van der Waals surface area contributed by atoms with E-state index in [-0.39, 0.29) is 6.04 Å². The average Bonchev–Trinajstić information content (AvgIpc) is 3.00. The summed E-state index contributed by atoms with van der Waals surface area (Å²) in [6.45, 7) is 14.4. The van der Waals surface area contributed by atoms with Crippen molar-refractivity contribution in [2.45, 2.75) is 72.4 Å². The Bertz CT molecular complexity index is 259. The van der Waals surface area contributed by atoms with E-state index in [1.165, 1.54) is 0 Å². The number of aliphatic carboxylic acids is 1. The maximum atomic E-state index is 11.2. The molecule has 0 aromatic rings. The van der Waals surface area contributed by atoms with Crippen LogP contribution in [0.1, 0.15) is 60.3 Å². The molecular weight excluding hydrogens is 252 g/mol. The molecule has 0 amide bonds. The van der Waals surface area contributed by atoms with E-state index in [2.05, 4.69) is 16.7 Å². The fraction of sp³-hybridized carbons (Fsp3) is 0.938. The Morgan fingerprint density at radius 2 is 1.75 bits per heavy atom. The second-order valence-electron chi connectivity index (χ2n) is 4.92. The molecule has 120 valence electrons. The summed E-state index contributed by atoms with van der Waals surface area (Å²) in [4.78, 5) is 15.9. The lowest BCUT2D eigenvalue weighted by Crippen LogP contribution is -2.50. The molecule has 20 heavy (non-hydrogen) atoms. The predicted molar refractivity (Wildman–Crippen MR) is 85.2 cm³/mol. The van der Waals surface area contributed by atoms with Gasteiger partial charge in [0.05, 0.1) is 0 Å². The van der Waals surface area contributed by atoms with Gasteiger partial charge in [-0.1, -0.05) is 41.0 Å². The molecule has 2 unspecified atom stereocenters. The van der Waals surface area contributed by atoms with Crippen LogP contribution in [0, 0.1) is 0 Å². The molecule has 2 atom stereocenters. The zero-order valence-electron chi connectivity index (χ0n) is 14.1. The fourth-order valence-electron chi connectivity index (χ4n) is 3.03. The molecule has 2 fully saturated rings. The van der Waals surface area contributed by atoms with E-state index < -0.39 is 5.97 Å². The molecule has 0 aromatic heterocycles. The Kier molecular flexibility index (Phi) is 10.8. The van der Waals surface area contributed by atoms with Crippen molar-refractivity contribution in [2.24, 2.45) is 0 Å². The van der Waals surface area contributed by atoms with Gasteiger partial charge in [-0.15, -0.1) is 0 Å². The summed E-state index contributed by atoms with van der Waals surface area (Å²) in [6, 6.07) is 0.247. The van der Waals surface area contributed by atoms with Crippen LogP contribution in [0.4, 0.5) is 0 Å². The maximum Gasteiger partial charge on any atom is 0.320 e. The normalized spacial score (nSPS) is 27.1. The van der Waals surface area contributed by atoms with Crippen molar-refractivity contribution in [3.8, 4) is 0 Å². The number of likely N-dealkylation sites (N-methyl/N-ethyl adjacent to an activating group) is 1. The monoisotopic (exact) mass is 286 g/mol. The summed E-state index contributed by atoms with van der Waals surface area (Å²) in [7, 11) is 0. The molecular formula is C16H34N2O2. The highest BCUT2D eigenvalue weighted by atomic mass is 16.4. The lowest BCUT2D eigenvalue weighted by atomic mass is 9.99. The third-order valence-electron chi connectivity index (χ3n) is 3.99. The fourth-order valence-corrected chi connectivity index (χ4v) is 3.03. The van der Waals surface area contributed by atoms with Crippen molar-refractivity contribution in [2.75, 3.05) is 26.2 Å². The summed E-state index contributed by atoms with van der Waals surface area (Å²) in [5.41, 5.74) is 0. The Balaban J connectivity index is 0.000000829. The van der Waals surface area contributed by atoms with Gasteiger partial charge in [0.15, 0.2) is 0 Å². The van der Waals surface area contributed by atoms with Crippen molar-refractivity contribution in [1.29, 1.82) is 0 Å². The van der Waals surface area contributed by atoms with Crippen LogP contribution in [0.3, 0.4) is 0 Å². The molecule has 0 spiro atoms. The number of carbonyl (C=O) groups is 1. The first-order valence-corrected chi connectivity index (χ1v) is 8.43. The lowest BCUT2D eigenvalue weighted by molar-refractivity contribution is -0.145. The molecule has 1 N–H and O–H groups in total. The molecule has 0 saturated carbocycles. The number of carboxylic acid groups (broad SMARTS) is 1. The second-order valence-corrected chi connectivity index (χ2v) is 4.92. The van der Waals surface area contributed by atoms with Crippen molar-refractivity contribution >= 4 is 5.97 Å². The van der Waals surface area contributed by atoms with Crippen LogP contribution < -0.4 is 0 Å². The van der Waals surface area contributed by atoms with E-state index in [0.29, 0.717) is 6.04 Å². The van der Waals surface area contributed by atoms with Crippen molar-refractivity contribution in [3.05, 3.63) is 0 Å². The summed E-state index contributed by atoms with van der Waals surface area (Å²) < 4.78 is 0. The quantitative estimate of drug-likeness (QED) is 0.866. The molecule has 2 rings (SSSR count). The van der Waals surface area contributed by atoms with Crippen LogP contribution in [-0.2, 0) is 4.79 Å². The summed E-state index contributed by atoms with van der Waals surface area (Å²) >= 11 is 0. The first-order valence-electron chi connectivity index (χ1n) is 8.43. The predicted octanol–water partition coefficient (Wildman–Crippen LogP) is 3.07. The highest BCUT2D eigenvalue weighted by molar-refractivity contribution is 5.73. The van der Waals surface area contributed by atoms with Gasteiger partial charge in [0.1, 0.15) is 6.04 Å². The van der Waals surface area contributed by atoms with Gasteiger partial charge >= 0.3 is 5.97 Å². The molecule has 2 heterocycles. The number of carboxylic acids is 1. The maximum absolute atomic E-state index is 11.2. The number of likely N-dealkylation sites (tertiary alicyclic amines) is 2. The Morgan fingerprint density at radius 3 is 2.25 bits per heavy atom. The molecule has 4 heteroatoms. The van der Waals surface area contributed by atoms with Crippen molar-refractivity contribution in [1.82, 2.24) is 9.80 Å². The van der Waals surface area contributed by atoms with Gasteiger partial charge in [0.2, 0.25) is 0 Å². The molecule has 0 bridgehead atoms. The zero-order valence-corrected chi connectivity index (χ0v) is 14.1. The average molecular weight is 286 g/mol. The third-order valence-corrected chi connectivity index (χ3v) is 3.99. The van der Waals surface area contributed by atoms with Crippen molar-refractivity contribution < 1.29 is 9.90 Å². The largest absolute Gasteiger partial charge is 0.480 e. The highest BCUT2D eigenvalue weighted by Crippen LogP contribution is 2.24. The van der Waals surface area contributed by atoms with E-state index >= 15 is 0 Å². The Labute approximate surface area is 125 Å². The first kappa shape index (κ1) is 19.4. The van der Waals surface area contributed by atoms with Crippen LogP contribution in [-0.4, -0.2) is 59.1 Å². The molecule has 2 aliphatic heterocycles. The number of hydrogen-bond donors (Lipinski definition) is 1. The minimum absolute atomic E-state index is 0.226. The molecule has 0 aromatic carbocycles. The number of nitrogens with zero attached hydrogens (tertiary/aromatic N) is 2. The topological polar surface area (TPSA) is 43.8 Å². The molecule has 0 aliphatic carbocycles. The van der Waals surface area contributed by atoms with Crippen LogP contribution in [0.25, 0.3) is 0 Å². The van der Waals surface area contributed by atoms with Crippen LogP contribution >= 0.6 is 0 Å². The van der Waals surface area contributed by atoms with Crippen LogP contribution in [0.2, 0.25) is 0 Å². The summed E-state index contributed by atoms with van der Waals surface area (Å²) in [5, 5.41) is 9.24. The van der Waals surface area contributed by atoms with E-state index in [9.17, 15) is 9.90 Å². The molecule has 2 saturated heterocycles. The smallest absolute Gasteiger partial charge is 0.320 e. The third kappa shape index (κ3) is 5.41. The second kappa shape index (κ2) is 11.1. The molecule has 0 radical (unpaired) electrons.